The van der Waals surface area contributed by atoms with Gasteiger partial charge in [0.1, 0.15) is 18.9 Å². The lowest BCUT2D eigenvalue weighted by Gasteiger charge is -2.38. The fourth-order valence-corrected chi connectivity index (χ4v) is 2.93. The van der Waals surface area contributed by atoms with Crippen LogP contribution in [0.3, 0.4) is 0 Å². The molecule has 126 valence electrons. The number of amides is 2. The number of halogens is 1. The maximum atomic E-state index is 12.7. The molecular formula is C16H18ClN5O2. The molecule has 1 fully saturated rings. The number of piperazine rings is 1. The third-order valence-corrected chi connectivity index (χ3v) is 4.59. The van der Waals surface area contributed by atoms with Crippen molar-refractivity contribution in [2.45, 2.75) is 26.1 Å². The first-order valence-electron chi connectivity index (χ1n) is 7.62. The summed E-state index contributed by atoms with van der Waals surface area (Å²) in [6.45, 7) is 2.36. The Morgan fingerprint density at radius 1 is 1.25 bits per heavy atom. The van der Waals surface area contributed by atoms with E-state index in [-0.39, 0.29) is 24.9 Å². The van der Waals surface area contributed by atoms with Crippen LogP contribution in [0.25, 0.3) is 0 Å². The Balaban J connectivity index is 1.75. The predicted molar refractivity (Wildman–Crippen MR) is 87.9 cm³/mol. The first-order valence-corrected chi connectivity index (χ1v) is 7.99. The third kappa shape index (κ3) is 3.12. The van der Waals surface area contributed by atoms with E-state index in [1.165, 1.54) is 4.90 Å². The molecule has 1 aromatic carbocycles. The molecule has 1 aliphatic heterocycles. The predicted octanol–water partition coefficient (Wildman–Crippen LogP) is 1.23. The zero-order valence-electron chi connectivity index (χ0n) is 13.5. The number of aromatic nitrogens is 3. The highest BCUT2D eigenvalue weighted by atomic mass is 35.5. The molecule has 3 rings (SSSR count). The van der Waals surface area contributed by atoms with Crippen molar-refractivity contribution >= 4 is 23.4 Å². The molecule has 0 aliphatic carbocycles. The number of carbonyl (C=O) groups is 2. The molecule has 0 radical (unpaired) electrons. The van der Waals surface area contributed by atoms with E-state index >= 15 is 0 Å². The van der Waals surface area contributed by atoms with E-state index in [0.29, 0.717) is 17.4 Å². The van der Waals surface area contributed by atoms with E-state index in [0.717, 1.165) is 5.56 Å². The van der Waals surface area contributed by atoms with Crippen molar-refractivity contribution < 1.29 is 9.59 Å². The quantitative estimate of drug-likeness (QED) is 0.834. The minimum absolute atomic E-state index is 0.0340. The van der Waals surface area contributed by atoms with Crippen LogP contribution in [0.4, 0.5) is 0 Å². The Kier molecular flexibility index (Phi) is 4.53. The number of rotatable bonds is 4. The van der Waals surface area contributed by atoms with Crippen molar-refractivity contribution in [1.29, 1.82) is 0 Å². The fourth-order valence-electron chi connectivity index (χ4n) is 2.74. The van der Waals surface area contributed by atoms with Gasteiger partial charge in [-0.05, 0) is 18.6 Å². The highest BCUT2D eigenvalue weighted by molar-refractivity contribution is 6.31. The molecule has 0 bridgehead atoms. The number of benzene rings is 1. The summed E-state index contributed by atoms with van der Waals surface area (Å²) in [5.74, 6) is 0.427. The average Bonchev–Trinajstić information content (AvgIpc) is 2.96. The smallest absolute Gasteiger partial charge is 0.245 e. The van der Waals surface area contributed by atoms with Gasteiger partial charge in [-0.25, -0.2) is 0 Å². The van der Waals surface area contributed by atoms with Crippen LogP contribution in [0.5, 0.6) is 0 Å². The Hall–Kier alpha value is -2.41. The lowest BCUT2D eigenvalue weighted by molar-refractivity contribution is -0.156. The number of aryl methyl sites for hydroxylation is 1. The minimum Gasteiger partial charge on any atom is -0.327 e. The third-order valence-electron chi connectivity index (χ3n) is 4.22. The van der Waals surface area contributed by atoms with Crippen molar-refractivity contribution in [2.75, 3.05) is 6.54 Å². The first kappa shape index (κ1) is 16.4. The molecule has 0 saturated carbocycles. The number of carbonyl (C=O) groups excluding carboxylic acids is 2. The summed E-state index contributed by atoms with van der Waals surface area (Å²) in [4.78, 5) is 28.3. The Bertz CT molecular complexity index is 775. The molecule has 24 heavy (non-hydrogen) atoms. The summed E-state index contributed by atoms with van der Waals surface area (Å²) < 4.78 is 1.74. The monoisotopic (exact) mass is 347 g/mol. The number of hydrogen-bond acceptors (Lipinski definition) is 4. The summed E-state index contributed by atoms with van der Waals surface area (Å²) >= 11 is 6.15. The molecule has 0 unspecified atom stereocenters. The zero-order valence-corrected chi connectivity index (χ0v) is 14.3. The molecule has 2 heterocycles. The largest absolute Gasteiger partial charge is 0.327 e. The van der Waals surface area contributed by atoms with Crippen LogP contribution in [-0.4, -0.2) is 49.0 Å². The van der Waals surface area contributed by atoms with Gasteiger partial charge < -0.3 is 14.4 Å². The number of hydrogen-bond donors (Lipinski definition) is 0. The first-order chi connectivity index (χ1) is 11.5. The summed E-state index contributed by atoms with van der Waals surface area (Å²) in [5, 5.41) is 8.37. The molecule has 1 saturated heterocycles. The molecule has 7 nitrogen and oxygen atoms in total. The SMILES string of the molecule is C[C@H]1C(=O)N(Cc2ccccc2Cl)CC(=O)N1Cc1nncn1C. The molecule has 1 aromatic heterocycles. The van der Waals surface area contributed by atoms with Crippen LogP contribution < -0.4 is 0 Å². The molecule has 1 atom stereocenters. The van der Waals surface area contributed by atoms with E-state index in [1.807, 2.05) is 18.2 Å². The van der Waals surface area contributed by atoms with Gasteiger partial charge in [0.05, 0.1) is 6.54 Å². The van der Waals surface area contributed by atoms with Crippen molar-refractivity contribution in [3.63, 3.8) is 0 Å². The van der Waals surface area contributed by atoms with Gasteiger partial charge in [0.25, 0.3) is 0 Å². The topological polar surface area (TPSA) is 71.3 Å². The average molecular weight is 348 g/mol. The van der Waals surface area contributed by atoms with E-state index in [1.54, 1.807) is 35.8 Å². The summed E-state index contributed by atoms with van der Waals surface area (Å²) in [5.41, 5.74) is 0.828. The Morgan fingerprint density at radius 3 is 2.67 bits per heavy atom. The van der Waals surface area contributed by atoms with Crippen LogP contribution in [0.1, 0.15) is 18.3 Å². The maximum Gasteiger partial charge on any atom is 0.245 e. The van der Waals surface area contributed by atoms with Gasteiger partial charge in [-0.1, -0.05) is 29.8 Å². The maximum absolute atomic E-state index is 12.7. The van der Waals surface area contributed by atoms with Crippen molar-refractivity contribution in [3.05, 3.63) is 47.0 Å². The summed E-state index contributed by atoms with van der Waals surface area (Å²) in [7, 11) is 1.81. The molecule has 0 N–H and O–H groups in total. The summed E-state index contributed by atoms with van der Waals surface area (Å²) in [6, 6.07) is 6.78. The normalized spacial score (nSPS) is 18.4. The van der Waals surface area contributed by atoms with E-state index in [4.69, 9.17) is 11.6 Å². The van der Waals surface area contributed by atoms with Crippen molar-refractivity contribution in [3.8, 4) is 0 Å². The second-order valence-corrected chi connectivity index (χ2v) is 6.25. The fraction of sp³-hybridized carbons (Fsp3) is 0.375. The van der Waals surface area contributed by atoms with Gasteiger partial charge in [-0.15, -0.1) is 10.2 Å². The van der Waals surface area contributed by atoms with Crippen LogP contribution in [0, 0.1) is 0 Å². The lowest BCUT2D eigenvalue weighted by atomic mass is 10.1. The minimum atomic E-state index is -0.551. The van der Waals surface area contributed by atoms with Crippen molar-refractivity contribution in [2.24, 2.45) is 7.05 Å². The van der Waals surface area contributed by atoms with E-state index in [9.17, 15) is 9.59 Å². The van der Waals surface area contributed by atoms with Gasteiger partial charge in [-0.3, -0.25) is 9.59 Å². The molecule has 2 aromatic rings. The van der Waals surface area contributed by atoms with Gasteiger partial charge in [0.2, 0.25) is 11.8 Å². The molecular weight excluding hydrogens is 330 g/mol. The van der Waals surface area contributed by atoms with E-state index in [2.05, 4.69) is 10.2 Å². The second kappa shape index (κ2) is 6.60. The number of nitrogens with zero attached hydrogens (tertiary/aromatic N) is 5. The van der Waals surface area contributed by atoms with Crippen LogP contribution in [-0.2, 0) is 29.7 Å². The van der Waals surface area contributed by atoms with E-state index < -0.39 is 6.04 Å². The van der Waals surface area contributed by atoms with Crippen molar-refractivity contribution in [1.82, 2.24) is 24.6 Å². The molecule has 2 amide bonds. The Labute approximate surface area is 144 Å². The van der Waals surface area contributed by atoms with Crippen LogP contribution >= 0.6 is 11.6 Å². The van der Waals surface area contributed by atoms with Gasteiger partial charge in [0.15, 0.2) is 5.82 Å². The molecule has 0 spiro atoms. The van der Waals surface area contributed by atoms with Gasteiger partial charge in [0, 0.05) is 18.6 Å². The highest BCUT2D eigenvalue weighted by Gasteiger charge is 2.37. The second-order valence-electron chi connectivity index (χ2n) is 5.84. The van der Waals surface area contributed by atoms with Gasteiger partial charge in [-0.2, -0.15) is 0 Å². The highest BCUT2D eigenvalue weighted by Crippen LogP contribution is 2.21. The molecule has 1 aliphatic rings. The molecule has 8 heteroatoms. The Morgan fingerprint density at radius 2 is 2.00 bits per heavy atom. The van der Waals surface area contributed by atoms with Gasteiger partial charge >= 0.3 is 0 Å². The standard InChI is InChI=1S/C16H18ClN5O2/c1-11-16(24)21(7-12-5-3-4-6-13(12)17)9-15(23)22(11)8-14-19-18-10-20(14)2/h3-6,10-11H,7-9H2,1-2H3/t11-/m0/s1. The lowest BCUT2D eigenvalue weighted by Crippen LogP contribution is -2.58. The summed E-state index contributed by atoms with van der Waals surface area (Å²) in [6.07, 6.45) is 1.57. The zero-order chi connectivity index (χ0) is 17.3. The van der Waals surface area contributed by atoms with Crippen LogP contribution in [0.15, 0.2) is 30.6 Å². The van der Waals surface area contributed by atoms with Crippen LogP contribution in [0.2, 0.25) is 5.02 Å².